The van der Waals surface area contributed by atoms with Gasteiger partial charge in [0.25, 0.3) is 0 Å². The minimum absolute atomic E-state index is 0.329. The van der Waals surface area contributed by atoms with E-state index in [-0.39, 0.29) is 0 Å². The minimum atomic E-state index is 0.329. The molecule has 1 aliphatic rings. The van der Waals surface area contributed by atoms with Gasteiger partial charge in [-0.05, 0) is 22.8 Å². The second-order valence-electron chi connectivity index (χ2n) is 5.07. The summed E-state index contributed by atoms with van der Waals surface area (Å²) >= 11 is 0. The van der Waals surface area contributed by atoms with Crippen molar-refractivity contribution in [2.45, 2.75) is 32.7 Å². The maximum absolute atomic E-state index is 6.08. The first-order valence-corrected chi connectivity index (χ1v) is 5.35. The molecule has 0 heterocycles. The van der Waals surface area contributed by atoms with E-state index in [0.717, 1.165) is 0 Å². The molecule has 3 unspecified atom stereocenters. The Labute approximate surface area is 86.3 Å². The standard InChI is InChI=1S/C13H19N/c1-9(10-7-5-4-6-8-10)11-12(14)13(11,2)3/h4-9,11-12H,14H2,1-3H3. The number of benzene rings is 1. The molecule has 0 radical (unpaired) electrons. The van der Waals surface area contributed by atoms with Crippen molar-refractivity contribution in [3.63, 3.8) is 0 Å². The molecule has 1 fully saturated rings. The van der Waals surface area contributed by atoms with Crippen molar-refractivity contribution < 1.29 is 0 Å². The van der Waals surface area contributed by atoms with Gasteiger partial charge in [0.1, 0.15) is 0 Å². The molecule has 1 aromatic rings. The normalized spacial score (nSPS) is 31.1. The van der Waals surface area contributed by atoms with Crippen LogP contribution < -0.4 is 5.73 Å². The molecule has 2 rings (SSSR count). The number of rotatable bonds is 2. The molecule has 0 bridgehead atoms. The van der Waals surface area contributed by atoms with Gasteiger partial charge in [0.2, 0.25) is 0 Å². The molecule has 0 spiro atoms. The second-order valence-corrected chi connectivity index (χ2v) is 5.07. The van der Waals surface area contributed by atoms with E-state index in [4.69, 9.17) is 5.73 Å². The van der Waals surface area contributed by atoms with Crippen LogP contribution in [0.4, 0.5) is 0 Å². The highest BCUT2D eigenvalue weighted by atomic mass is 14.8. The summed E-state index contributed by atoms with van der Waals surface area (Å²) in [4.78, 5) is 0. The van der Waals surface area contributed by atoms with Crippen molar-refractivity contribution in [2.75, 3.05) is 0 Å². The molecule has 14 heavy (non-hydrogen) atoms. The third kappa shape index (κ3) is 1.36. The fraction of sp³-hybridized carbons (Fsp3) is 0.538. The largest absolute Gasteiger partial charge is 0.327 e. The van der Waals surface area contributed by atoms with Crippen LogP contribution in [0.2, 0.25) is 0 Å². The Morgan fingerprint density at radius 3 is 2.14 bits per heavy atom. The molecule has 2 N–H and O–H groups in total. The molecular weight excluding hydrogens is 170 g/mol. The molecule has 0 aliphatic heterocycles. The van der Waals surface area contributed by atoms with Gasteiger partial charge in [-0.25, -0.2) is 0 Å². The SMILES string of the molecule is CC(c1ccccc1)C1C(N)C1(C)C. The average Bonchev–Trinajstić information content (AvgIpc) is 2.67. The van der Waals surface area contributed by atoms with Crippen LogP contribution in [0.5, 0.6) is 0 Å². The molecule has 1 aromatic carbocycles. The Balaban J connectivity index is 2.16. The molecule has 76 valence electrons. The number of hydrogen-bond acceptors (Lipinski definition) is 1. The third-order valence-corrected chi connectivity index (χ3v) is 3.86. The van der Waals surface area contributed by atoms with Gasteiger partial charge in [0.15, 0.2) is 0 Å². The lowest BCUT2D eigenvalue weighted by atomic mass is 9.92. The predicted molar refractivity (Wildman–Crippen MR) is 60.1 cm³/mol. The Hall–Kier alpha value is -0.820. The van der Waals surface area contributed by atoms with Gasteiger partial charge in [-0.1, -0.05) is 51.1 Å². The van der Waals surface area contributed by atoms with E-state index in [1.165, 1.54) is 5.56 Å². The summed E-state index contributed by atoms with van der Waals surface area (Å²) in [6, 6.07) is 11.0. The first-order valence-electron chi connectivity index (χ1n) is 5.35. The Morgan fingerprint density at radius 1 is 1.21 bits per heavy atom. The van der Waals surface area contributed by atoms with Crippen LogP contribution in [0.15, 0.2) is 30.3 Å². The lowest BCUT2D eigenvalue weighted by Crippen LogP contribution is -2.08. The minimum Gasteiger partial charge on any atom is -0.327 e. The summed E-state index contributed by atoms with van der Waals surface area (Å²) < 4.78 is 0. The molecule has 1 heteroatoms. The summed E-state index contributed by atoms with van der Waals surface area (Å²) in [6.07, 6.45) is 0. The number of hydrogen-bond donors (Lipinski definition) is 1. The maximum Gasteiger partial charge on any atom is 0.0134 e. The highest BCUT2D eigenvalue weighted by molar-refractivity contribution is 5.26. The van der Waals surface area contributed by atoms with E-state index in [1.54, 1.807) is 0 Å². The van der Waals surface area contributed by atoms with E-state index < -0.39 is 0 Å². The summed E-state index contributed by atoms with van der Waals surface area (Å²) in [5, 5.41) is 0. The van der Waals surface area contributed by atoms with Crippen molar-refractivity contribution in [3.05, 3.63) is 35.9 Å². The topological polar surface area (TPSA) is 26.0 Å². The van der Waals surface area contributed by atoms with Crippen molar-refractivity contribution in [1.82, 2.24) is 0 Å². The van der Waals surface area contributed by atoms with Gasteiger partial charge in [-0.2, -0.15) is 0 Å². The molecule has 0 saturated heterocycles. The summed E-state index contributed by atoms with van der Waals surface area (Å²) in [5.74, 6) is 1.23. The Kier molecular flexibility index (Phi) is 2.15. The zero-order chi connectivity index (χ0) is 10.3. The van der Waals surface area contributed by atoms with E-state index in [2.05, 4.69) is 51.1 Å². The van der Waals surface area contributed by atoms with Crippen LogP contribution in [0, 0.1) is 11.3 Å². The van der Waals surface area contributed by atoms with Crippen molar-refractivity contribution in [2.24, 2.45) is 17.1 Å². The fourth-order valence-corrected chi connectivity index (χ4v) is 2.64. The fourth-order valence-electron chi connectivity index (χ4n) is 2.64. The highest BCUT2D eigenvalue weighted by Crippen LogP contribution is 2.57. The van der Waals surface area contributed by atoms with E-state index in [0.29, 0.717) is 23.3 Å². The first kappa shape index (κ1) is 9.72. The Bertz CT molecular complexity index is 315. The van der Waals surface area contributed by atoms with Crippen LogP contribution in [0.1, 0.15) is 32.3 Å². The van der Waals surface area contributed by atoms with Gasteiger partial charge in [0.05, 0.1) is 0 Å². The molecule has 1 saturated carbocycles. The van der Waals surface area contributed by atoms with Crippen molar-refractivity contribution in [3.8, 4) is 0 Å². The van der Waals surface area contributed by atoms with Gasteiger partial charge in [-0.3, -0.25) is 0 Å². The molecule has 0 amide bonds. The lowest BCUT2D eigenvalue weighted by Gasteiger charge is -2.12. The first-order chi connectivity index (χ1) is 6.55. The zero-order valence-electron chi connectivity index (χ0n) is 9.20. The predicted octanol–water partition coefficient (Wildman–Crippen LogP) is 2.77. The van der Waals surface area contributed by atoms with Gasteiger partial charge in [0, 0.05) is 6.04 Å². The Morgan fingerprint density at radius 2 is 1.71 bits per heavy atom. The van der Waals surface area contributed by atoms with Crippen LogP contribution in [0.3, 0.4) is 0 Å². The van der Waals surface area contributed by atoms with Crippen LogP contribution in [-0.2, 0) is 0 Å². The summed E-state index contributed by atoms with van der Waals surface area (Å²) in [6.45, 7) is 6.82. The van der Waals surface area contributed by atoms with Crippen LogP contribution in [-0.4, -0.2) is 6.04 Å². The van der Waals surface area contributed by atoms with E-state index in [9.17, 15) is 0 Å². The second kappa shape index (κ2) is 3.09. The van der Waals surface area contributed by atoms with Crippen LogP contribution in [0.25, 0.3) is 0 Å². The van der Waals surface area contributed by atoms with E-state index >= 15 is 0 Å². The maximum atomic E-state index is 6.08. The molecule has 1 nitrogen and oxygen atoms in total. The molecule has 1 aliphatic carbocycles. The van der Waals surface area contributed by atoms with Gasteiger partial charge < -0.3 is 5.73 Å². The smallest absolute Gasteiger partial charge is 0.0134 e. The van der Waals surface area contributed by atoms with Crippen LogP contribution >= 0.6 is 0 Å². The lowest BCUT2D eigenvalue weighted by molar-refractivity contribution is 0.503. The number of nitrogens with two attached hydrogens (primary N) is 1. The van der Waals surface area contributed by atoms with Gasteiger partial charge in [-0.15, -0.1) is 0 Å². The molecule has 3 atom stereocenters. The van der Waals surface area contributed by atoms with Gasteiger partial charge >= 0.3 is 0 Å². The molecular formula is C13H19N. The highest BCUT2D eigenvalue weighted by Gasteiger charge is 2.57. The zero-order valence-corrected chi connectivity index (χ0v) is 9.20. The van der Waals surface area contributed by atoms with Crippen molar-refractivity contribution >= 4 is 0 Å². The third-order valence-electron chi connectivity index (χ3n) is 3.86. The quantitative estimate of drug-likeness (QED) is 0.760. The van der Waals surface area contributed by atoms with E-state index in [1.807, 2.05) is 0 Å². The summed E-state index contributed by atoms with van der Waals surface area (Å²) in [5.41, 5.74) is 7.83. The monoisotopic (exact) mass is 189 g/mol. The molecule has 0 aromatic heterocycles. The van der Waals surface area contributed by atoms with Crippen molar-refractivity contribution in [1.29, 1.82) is 0 Å². The summed E-state index contributed by atoms with van der Waals surface area (Å²) in [7, 11) is 0. The average molecular weight is 189 g/mol.